The molecule has 1 fully saturated rings. The number of carboxylic acid groups (broad SMARTS) is 1. The van der Waals surface area contributed by atoms with Gasteiger partial charge in [-0.05, 0) is 34.6 Å². The van der Waals surface area contributed by atoms with Crippen molar-refractivity contribution in [2.24, 2.45) is 11.8 Å². The van der Waals surface area contributed by atoms with E-state index < -0.39 is 24.0 Å². The normalized spacial score (nSPS) is 19.9. The summed E-state index contributed by atoms with van der Waals surface area (Å²) in [5, 5.41) is 14.6. The first kappa shape index (κ1) is 23.8. The van der Waals surface area contributed by atoms with Crippen LogP contribution >= 0.6 is 0 Å². The van der Waals surface area contributed by atoms with E-state index >= 15 is 0 Å². The van der Waals surface area contributed by atoms with Crippen LogP contribution in [0.25, 0.3) is 11.1 Å². The van der Waals surface area contributed by atoms with Gasteiger partial charge in [0, 0.05) is 12.5 Å². The van der Waals surface area contributed by atoms with Crippen LogP contribution in [0.1, 0.15) is 37.3 Å². The molecule has 1 aliphatic carbocycles. The Kier molecular flexibility index (Phi) is 7.17. The Labute approximate surface area is 198 Å². The van der Waals surface area contributed by atoms with Crippen LogP contribution in [0, 0.1) is 11.8 Å². The third-order valence-electron chi connectivity index (χ3n) is 6.50. The summed E-state index contributed by atoms with van der Waals surface area (Å²) in [5.74, 6) is -2.10. The SMILES string of the molecule is CC(C)C(NC(=O)[C@@H]1CO[C@H](CNC(=O)OCC2c3ccccc3-c3ccccc32)C1)C(=O)O. The predicted octanol–water partition coefficient (Wildman–Crippen LogP) is 3.16. The summed E-state index contributed by atoms with van der Waals surface area (Å²) >= 11 is 0. The molecule has 0 saturated carbocycles. The van der Waals surface area contributed by atoms with Gasteiger partial charge < -0.3 is 25.2 Å². The number of hydrogen-bond donors (Lipinski definition) is 3. The third kappa shape index (κ3) is 5.07. The van der Waals surface area contributed by atoms with Crippen molar-refractivity contribution < 1.29 is 29.0 Å². The first-order chi connectivity index (χ1) is 16.3. The Balaban J connectivity index is 1.25. The zero-order valence-electron chi connectivity index (χ0n) is 19.3. The number of aliphatic carboxylic acids is 1. The molecule has 1 aliphatic heterocycles. The topological polar surface area (TPSA) is 114 Å². The number of nitrogens with one attached hydrogen (secondary N) is 2. The molecule has 1 unspecified atom stereocenters. The van der Waals surface area contributed by atoms with Crippen LogP contribution in [-0.2, 0) is 19.1 Å². The third-order valence-corrected chi connectivity index (χ3v) is 6.50. The molecule has 2 aromatic carbocycles. The lowest BCUT2D eigenvalue weighted by molar-refractivity contribution is -0.143. The number of benzene rings is 2. The molecule has 0 bridgehead atoms. The van der Waals surface area contributed by atoms with Crippen molar-refractivity contribution in [3.8, 4) is 11.1 Å². The van der Waals surface area contributed by atoms with Gasteiger partial charge in [-0.1, -0.05) is 62.4 Å². The minimum absolute atomic E-state index is 0.0166. The van der Waals surface area contributed by atoms with Crippen LogP contribution in [0.3, 0.4) is 0 Å². The summed E-state index contributed by atoms with van der Waals surface area (Å²) in [6.45, 7) is 4.11. The summed E-state index contributed by atoms with van der Waals surface area (Å²) in [6, 6.07) is 15.3. The lowest BCUT2D eigenvalue weighted by Crippen LogP contribution is -2.46. The number of amides is 2. The number of carbonyl (C=O) groups is 3. The minimum Gasteiger partial charge on any atom is -0.480 e. The van der Waals surface area contributed by atoms with E-state index in [1.807, 2.05) is 24.3 Å². The zero-order chi connectivity index (χ0) is 24.2. The average molecular weight is 467 g/mol. The number of fused-ring (bicyclic) bond motifs is 3. The highest BCUT2D eigenvalue weighted by atomic mass is 16.5. The molecule has 180 valence electrons. The quantitative estimate of drug-likeness (QED) is 0.551. The summed E-state index contributed by atoms with van der Waals surface area (Å²) in [5.41, 5.74) is 4.62. The smallest absolute Gasteiger partial charge is 0.407 e. The Bertz CT molecular complexity index is 1020. The van der Waals surface area contributed by atoms with E-state index in [0.717, 1.165) is 11.1 Å². The molecule has 2 amide bonds. The Hall–Kier alpha value is -3.39. The Morgan fingerprint density at radius 2 is 1.68 bits per heavy atom. The molecule has 3 atom stereocenters. The van der Waals surface area contributed by atoms with Gasteiger partial charge >= 0.3 is 12.1 Å². The maximum Gasteiger partial charge on any atom is 0.407 e. The lowest BCUT2D eigenvalue weighted by Gasteiger charge is -2.19. The summed E-state index contributed by atoms with van der Waals surface area (Å²) in [6.07, 6.45) is -0.470. The molecule has 0 spiro atoms. The van der Waals surface area contributed by atoms with E-state index in [2.05, 4.69) is 34.9 Å². The molecule has 1 heterocycles. The number of ether oxygens (including phenoxy) is 2. The molecule has 0 radical (unpaired) electrons. The van der Waals surface area contributed by atoms with Gasteiger partial charge in [0.15, 0.2) is 0 Å². The van der Waals surface area contributed by atoms with Crippen LogP contribution in [0.15, 0.2) is 48.5 Å². The van der Waals surface area contributed by atoms with E-state index in [9.17, 15) is 19.5 Å². The van der Waals surface area contributed by atoms with E-state index in [1.165, 1.54) is 11.1 Å². The molecule has 0 aromatic heterocycles. The highest BCUT2D eigenvalue weighted by Gasteiger charge is 2.34. The molecule has 4 rings (SSSR count). The van der Waals surface area contributed by atoms with Crippen LogP contribution in [-0.4, -0.2) is 55.0 Å². The molecule has 34 heavy (non-hydrogen) atoms. The van der Waals surface area contributed by atoms with Gasteiger partial charge in [0.05, 0.1) is 18.6 Å². The first-order valence-electron chi connectivity index (χ1n) is 11.6. The molecule has 8 nitrogen and oxygen atoms in total. The number of carboxylic acids is 1. The van der Waals surface area contributed by atoms with Gasteiger partial charge in [-0.3, -0.25) is 4.79 Å². The van der Waals surface area contributed by atoms with Gasteiger partial charge in [-0.2, -0.15) is 0 Å². The van der Waals surface area contributed by atoms with E-state index in [0.29, 0.717) is 6.42 Å². The van der Waals surface area contributed by atoms with Crippen molar-refractivity contribution in [2.75, 3.05) is 19.8 Å². The maximum absolute atomic E-state index is 12.4. The first-order valence-corrected chi connectivity index (χ1v) is 11.6. The highest BCUT2D eigenvalue weighted by molar-refractivity contribution is 5.85. The molecule has 1 saturated heterocycles. The second-order valence-electron chi connectivity index (χ2n) is 9.16. The molecular formula is C26H30N2O6. The van der Waals surface area contributed by atoms with Crippen molar-refractivity contribution in [3.63, 3.8) is 0 Å². The monoisotopic (exact) mass is 466 g/mol. The standard InChI is InChI=1S/C26H30N2O6/c1-15(2)23(25(30)31)28-24(29)16-11-17(33-13-16)12-27-26(32)34-14-22-20-9-5-3-7-18(20)19-8-4-6-10-21(19)22/h3-10,15-17,22-23H,11-14H2,1-2H3,(H,27,32)(H,28,29)(H,30,31)/t16-,17-,23?/m0/s1. The molecule has 2 aromatic rings. The van der Waals surface area contributed by atoms with Gasteiger partial charge in [-0.15, -0.1) is 0 Å². The van der Waals surface area contributed by atoms with Crippen molar-refractivity contribution in [3.05, 3.63) is 59.7 Å². The Morgan fingerprint density at radius 3 is 2.26 bits per heavy atom. The largest absolute Gasteiger partial charge is 0.480 e. The number of rotatable bonds is 8. The van der Waals surface area contributed by atoms with Gasteiger partial charge in [0.2, 0.25) is 5.91 Å². The van der Waals surface area contributed by atoms with Crippen molar-refractivity contribution in [2.45, 2.75) is 38.3 Å². The minimum atomic E-state index is -1.06. The van der Waals surface area contributed by atoms with Crippen LogP contribution < -0.4 is 10.6 Å². The lowest BCUT2D eigenvalue weighted by atomic mass is 9.98. The van der Waals surface area contributed by atoms with E-state index in [4.69, 9.17) is 9.47 Å². The van der Waals surface area contributed by atoms with Crippen molar-refractivity contribution >= 4 is 18.0 Å². The second-order valence-corrected chi connectivity index (χ2v) is 9.16. The molecular weight excluding hydrogens is 436 g/mol. The fraction of sp³-hybridized carbons (Fsp3) is 0.423. The summed E-state index contributed by atoms with van der Waals surface area (Å²) < 4.78 is 11.2. The van der Waals surface area contributed by atoms with Crippen LogP contribution in [0.5, 0.6) is 0 Å². The summed E-state index contributed by atoms with van der Waals surface area (Å²) in [7, 11) is 0. The van der Waals surface area contributed by atoms with Crippen molar-refractivity contribution in [1.29, 1.82) is 0 Å². The number of hydrogen-bond acceptors (Lipinski definition) is 5. The summed E-state index contributed by atoms with van der Waals surface area (Å²) in [4.78, 5) is 36.1. The fourth-order valence-electron chi connectivity index (χ4n) is 4.66. The molecule has 8 heteroatoms. The maximum atomic E-state index is 12.4. The van der Waals surface area contributed by atoms with Gasteiger partial charge in [0.25, 0.3) is 0 Å². The van der Waals surface area contributed by atoms with Crippen molar-refractivity contribution in [1.82, 2.24) is 10.6 Å². The highest BCUT2D eigenvalue weighted by Crippen LogP contribution is 2.44. The molecule has 2 aliphatic rings. The van der Waals surface area contributed by atoms with E-state index in [1.54, 1.807) is 13.8 Å². The molecule has 3 N–H and O–H groups in total. The zero-order valence-corrected chi connectivity index (χ0v) is 19.3. The van der Waals surface area contributed by atoms with Gasteiger partial charge in [-0.25, -0.2) is 9.59 Å². The Morgan fingerprint density at radius 1 is 1.06 bits per heavy atom. The van der Waals surface area contributed by atoms with Crippen LogP contribution in [0.4, 0.5) is 4.79 Å². The number of carbonyl (C=O) groups excluding carboxylic acids is 2. The number of alkyl carbamates (subject to hydrolysis) is 1. The average Bonchev–Trinajstić information content (AvgIpc) is 3.42. The predicted molar refractivity (Wildman–Crippen MR) is 125 cm³/mol. The van der Waals surface area contributed by atoms with Crippen LogP contribution in [0.2, 0.25) is 0 Å². The van der Waals surface area contributed by atoms with E-state index in [-0.39, 0.29) is 43.6 Å². The fourth-order valence-corrected chi connectivity index (χ4v) is 4.66. The van der Waals surface area contributed by atoms with Gasteiger partial charge in [0.1, 0.15) is 12.6 Å². The second kappa shape index (κ2) is 10.3.